The van der Waals surface area contributed by atoms with Crippen LogP contribution in [0.5, 0.6) is 11.6 Å². The van der Waals surface area contributed by atoms with E-state index in [4.69, 9.17) is 0 Å². The van der Waals surface area contributed by atoms with Crippen LogP contribution in [-0.4, -0.2) is 50.5 Å². The standard InChI is InChI=1S/C18H19FN4O4/c19-13-3-1-11(2-4-13)9-20-17(26)14-15(25)18(27)22-16(21-14)12-5-7-23(10-24)8-6-12/h1-4,10,12,25H,5-9H2,(H,20,26)(H,21,22,27). The first-order valence-electron chi connectivity index (χ1n) is 8.49. The summed E-state index contributed by atoms with van der Waals surface area (Å²) < 4.78 is 12.9. The Balaban J connectivity index is 1.74. The second-order valence-electron chi connectivity index (χ2n) is 6.33. The van der Waals surface area contributed by atoms with Crippen LogP contribution in [0.1, 0.15) is 40.6 Å². The Morgan fingerprint density at radius 1 is 1.22 bits per heavy atom. The van der Waals surface area contributed by atoms with Crippen molar-refractivity contribution < 1.29 is 24.2 Å². The number of nitrogens with zero attached hydrogens (tertiary/aromatic N) is 3. The number of rotatable bonds is 5. The number of nitrogens with one attached hydrogen (secondary N) is 1. The number of carbonyl (C=O) groups is 2. The lowest BCUT2D eigenvalue weighted by molar-refractivity contribution is -0.119. The van der Waals surface area contributed by atoms with E-state index in [1.54, 1.807) is 4.90 Å². The van der Waals surface area contributed by atoms with Gasteiger partial charge in [0.15, 0.2) is 5.69 Å². The fourth-order valence-electron chi connectivity index (χ4n) is 2.93. The maximum absolute atomic E-state index is 12.9. The molecule has 8 nitrogen and oxygen atoms in total. The van der Waals surface area contributed by atoms with E-state index in [9.17, 15) is 24.2 Å². The van der Waals surface area contributed by atoms with Crippen LogP contribution in [0.4, 0.5) is 4.39 Å². The van der Waals surface area contributed by atoms with Crippen molar-refractivity contribution in [3.05, 3.63) is 47.2 Å². The third kappa shape index (κ3) is 4.30. The minimum Gasteiger partial charge on any atom is -0.501 e. The van der Waals surface area contributed by atoms with Gasteiger partial charge < -0.3 is 20.4 Å². The highest BCUT2D eigenvalue weighted by atomic mass is 19.1. The summed E-state index contributed by atoms with van der Waals surface area (Å²) in [5, 5.41) is 22.4. The van der Waals surface area contributed by atoms with Crippen LogP contribution in [0, 0.1) is 5.82 Å². The van der Waals surface area contributed by atoms with Crippen LogP contribution in [0.15, 0.2) is 24.3 Å². The zero-order valence-corrected chi connectivity index (χ0v) is 14.4. The van der Waals surface area contributed by atoms with Gasteiger partial charge >= 0.3 is 0 Å². The number of piperidine rings is 1. The van der Waals surface area contributed by atoms with E-state index in [0.717, 1.165) is 6.41 Å². The minimum absolute atomic E-state index is 0.108. The predicted molar refractivity (Wildman–Crippen MR) is 92.5 cm³/mol. The fourth-order valence-corrected chi connectivity index (χ4v) is 2.93. The van der Waals surface area contributed by atoms with Gasteiger partial charge in [-0.25, -0.2) is 9.37 Å². The summed E-state index contributed by atoms with van der Waals surface area (Å²) in [6.07, 6.45) is 1.97. The first-order chi connectivity index (χ1) is 13.0. The van der Waals surface area contributed by atoms with Gasteiger partial charge in [0.1, 0.15) is 11.6 Å². The number of aromatic hydroxyl groups is 2. The van der Waals surface area contributed by atoms with Crippen molar-refractivity contribution in [2.75, 3.05) is 13.1 Å². The van der Waals surface area contributed by atoms with Gasteiger partial charge in [0.05, 0.1) is 0 Å². The van der Waals surface area contributed by atoms with Crippen LogP contribution in [0.2, 0.25) is 0 Å². The third-order valence-corrected chi connectivity index (χ3v) is 4.51. The molecule has 2 aromatic rings. The molecule has 142 valence electrons. The number of amides is 2. The van der Waals surface area contributed by atoms with E-state index in [0.29, 0.717) is 31.5 Å². The maximum atomic E-state index is 12.9. The summed E-state index contributed by atoms with van der Waals surface area (Å²) >= 11 is 0. The van der Waals surface area contributed by atoms with E-state index in [2.05, 4.69) is 15.3 Å². The molecule has 0 aliphatic carbocycles. The molecule has 0 atom stereocenters. The monoisotopic (exact) mass is 374 g/mol. The Bertz CT molecular complexity index is 836. The van der Waals surface area contributed by atoms with Crippen molar-refractivity contribution in [1.29, 1.82) is 0 Å². The Hall–Kier alpha value is -3.23. The van der Waals surface area contributed by atoms with E-state index in [1.165, 1.54) is 24.3 Å². The first-order valence-corrected chi connectivity index (χ1v) is 8.49. The molecule has 3 rings (SSSR count). The molecule has 3 N–H and O–H groups in total. The summed E-state index contributed by atoms with van der Waals surface area (Å²) in [7, 11) is 0. The largest absolute Gasteiger partial charge is 0.501 e. The fraction of sp³-hybridized carbons (Fsp3) is 0.333. The third-order valence-electron chi connectivity index (χ3n) is 4.51. The molecule has 0 radical (unpaired) electrons. The Morgan fingerprint density at radius 3 is 2.52 bits per heavy atom. The van der Waals surface area contributed by atoms with E-state index in [1.807, 2.05) is 0 Å². The summed E-state index contributed by atoms with van der Waals surface area (Å²) in [4.78, 5) is 32.8. The molecule has 9 heteroatoms. The topological polar surface area (TPSA) is 116 Å². The Morgan fingerprint density at radius 2 is 1.89 bits per heavy atom. The zero-order chi connectivity index (χ0) is 19.4. The van der Waals surface area contributed by atoms with Gasteiger partial charge in [-0.3, -0.25) is 9.59 Å². The second kappa shape index (κ2) is 7.98. The number of likely N-dealkylation sites (tertiary alicyclic amines) is 1. The van der Waals surface area contributed by atoms with Crippen molar-refractivity contribution in [3.8, 4) is 11.6 Å². The van der Waals surface area contributed by atoms with Crippen LogP contribution in [0.25, 0.3) is 0 Å². The van der Waals surface area contributed by atoms with Crippen molar-refractivity contribution in [2.24, 2.45) is 0 Å². The molecule has 1 aliphatic heterocycles. The zero-order valence-electron chi connectivity index (χ0n) is 14.4. The average molecular weight is 374 g/mol. The van der Waals surface area contributed by atoms with E-state index < -0.39 is 17.5 Å². The highest BCUT2D eigenvalue weighted by Gasteiger charge is 2.26. The van der Waals surface area contributed by atoms with E-state index in [-0.39, 0.29) is 29.8 Å². The van der Waals surface area contributed by atoms with Gasteiger partial charge in [0.25, 0.3) is 11.8 Å². The molecule has 1 fully saturated rings. The van der Waals surface area contributed by atoms with Crippen molar-refractivity contribution in [2.45, 2.75) is 25.3 Å². The normalized spacial score (nSPS) is 14.8. The van der Waals surface area contributed by atoms with Gasteiger partial charge in [-0.15, -0.1) is 0 Å². The minimum atomic E-state index is -0.694. The molecule has 0 saturated carbocycles. The summed E-state index contributed by atoms with van der Waals surface area (Å²) in [5.41, 5.74) is 0.349. The van der Waals surface area contributed by atoms with Gasteiger partial charge in [0.2, 0.25) is 12.2 Å². The van der Waals surface area contributed by atoms with Gasteiger partial charge in [-0.2, -0.15) is 4.98 Å². The van der Waals surface area contributed by atoms with Crippen LogP contribution < -0.4 is 5.32 Å². The molecule has 27 heavy (non-hydrogen) atoms. The summed E-state index contributed by atoms with van der Waals surface area (Å²) in [6, 6.07) is 5.61. The summed E-state index contributed by atoms with van der Waals surface area (Å²) in [5.74, 6) is -2.29. The Labute approximate surface area is 154 Å². The molecule has 1 saturated heterocycles. The molecule has 0 unspecified atom stereocenters. The molecule has 1 aromatic heterocycles. The number of carbonyl (C=O) groups excluding carboxylic acids is 2. The smallest absolute Gasteiger partial charge is 0.274 e. The SMILES string of the molecule is O=CN1CCC(c2nc(O)c(O)c(C(=O)NCc3ccc(F)cc3)n2)CC1. The van der Waals surface area contributed by atoms with Crippen molar-refractivity contribution >= 4 is 12.3 Å². The molecule has 1 aromatic carbocycles. The van der Waals surface area contributed by atoms with Crippen molar-refractivity contribution in [1.82, 2.24) is 20.2 Å². The molecule has 2 amide bonds. The molecule has 0 bridgehead atoms. The number of hydrogen-bond donors (Lipinski definition) is 3. The highest BCUT2D eigenvalue weighted by Crippen LogP contribution is 2.31. The Kier molecular flexibility index (Phi) is 5.49. The first kappa shape index (κ1) is 18.6. The average Bonchev–Trinajstić information content (AvgIpc) is 2.69. The van der Waals surface area contributed by atoms with Gasteiger partial charge in [-0.1, -0.05) is 12.1 Å². The lowest BCUT2D eigenvalue weighted by Crippen LogP contribution is -2.32. The number of hydrogen-bond acceptors (Lipinski definition) is 6. The summed E-state index contributed by atoms with van der Waals surface area (Å²) in [6.45, 7) is 1.17. The quantitative estimate of drug-likeness (QED) is 0.680. The lowest BCUT2D eigenvalue weighted by atomic mass is 9.96. The van der Waals surface area contributed by atoms with Crippen molar-refractivity contribution in [3.63, 3.8) is 0 Å². The van der Waals surface area contributed by atoms with Crippen LogP contribution >= 0.6 is 0 Å². The maximum Gasteiger partial charge on any atom is 0.274 e. The number of aromatic nitrogens is 2. The lowest BCUT2D eigenvalue weighted by Gasteiger charge is -2.28. The molecule has 1 aliphatic rings. The van der Waals surface area contributed by atoms with Gasteiger partial charge in [0, 0.05) is 25.6 Å². The molecular weight excluding hydrogens is 355 g/mol. The van der Waals surface area contributed by atoms with Crippen LogP contribution in [0.3, 0.4) is 0 Å². The molecule has 2 heterocycles. The van der Waals surface area contributed by atoms with Gasteiger partial charge in [-0.05, 0) is 30.5 Å². The highest BCUT2D eigenvalue weighted by molar-refractivity contribution is 5.95. The van der Waals surface area contributed by atoms with Crippen LogP contribution in [-0.2, 0) is 11.3 Å². The number of halogens is 1. The number of benzene rings is 1. The molecular formula is C18H19FN4O4. The van der Waals surface area contributed by atoms with E-state index >= 15 is 0 Å². The molecule has 0 spiro atoms. The second-order valence-corrected chi connectivity index (χ2v) is 6.33. The predicted octanol–water partition coefficient (Wildman–Crippen LogP) is 1.29.